The van der Waals surface area contributed by atoms with Crippen molar-refractivity contribution in [1.82, 2.24) is 14.7 Å². The molecule has 2 saturated heterocycles. The van der Waals surface area contributed by atoms with Gasteiger partial charge in [-0.15, -0.1) is 0 Å². The Bertz CT molecular complexity index is 639. The summed E-state index contributed by atoms with van der Waals surface area (Å²) in [6.45, 7) is 5.45. The molecule has 0 aliphatic carbocycles. The van der Waals surface area contributed by atoms with Gasteiger partial charge in [-0.05, 0) is 44.8 Å². The van der Waals surface area contributed by atoms with Crippen LogP contribution >= 0.6 is 0 Å². The number of benzene rings is 1. The lowest BCUT2D eigenvalue weighted by molar-refractivity contribution is -0.132. The van der Waals surface area contributed by atoms with Crippen molar-refractivity contribution in [3.63, 3.8) is 0 Å². The average Bonchev–Trinajstić information content (AvgIpc) is 3.11. The maximum atomic E-state index is 12.6. The van der Waals surface area contributed by atoms with Crippen molar-refractivity contribution < 1.29 is 14.7 Å². The number of carboxylic acids is 1. The summed E-state index contributed by atoms with van der Waals surface area (Å²) in [7, 11) is 4.19. The molecule has 1 atom stereocenters. The van der Waals surface area contributed by atoms with Crippen LogP contribution in [0.3, 0.4) is 0 Å². The van der Waals surface area contributed by atoms with Crippen LogP contribution in [0.5, 0.6) is 0 Å². The number of likely N-dealkylation sites (tertiary alicyclic amines) is 1. The van der Waals surface area contributed by atoms with Crippen molar-refractivity contribution in [2.45, 2.75) is 12.5 Å². The molecule has 3 rings (SSSR count). The lowest BCUT2D eigenvalue weighted by Crippen LogP contribution is -2.51. The summed E-state index contributed by atoms with van der Waals surface area (Å²) in [6, 6.07) is 7.49. The molecule has 0 bridgehead atoms. The lowest BCUT2D eigenvalue weighted by atomic mass is 10.2. The highest BCUT2D eigenvalue weighted by molar-refractivity contribution is 5.88. The van der Waals surface area contributed by atoms with E-state index in [-0.39, 0.29) is 5.91 Å². The molecule has 2 aliphatic rings. The van der Waals surface area contributed by atoms with Crippen LogP contribution in [0, 0.1) is 0 Å². The van der Waals surface area contributed by atoms with E-state index in [2.05, 4.69) is 28.8 Å². The first kappa shape index (κ1) is 18.7. The van der Waals surface area contributed by atoms with Gasteiger partial charge < -0.3 is 19.8 Å². The molecule has 7 heteroatoms. The third kappa shape index (κ3) is 4.34. The number of hydrogen-bond donors (Lipinski definition) is 1. The second kappa shape index (κ2) is 8.05. The molecule has 0 radical (unpaired) electrons. The van der Waals surface area contributed by atoms with E-state index in [1.54, 1.807) is 12.1 Å². The van der Waals surface area contributed by atoms with E-state index in [1.807, 2.05) is 17.0 Å². The molecule has 1 aromatic carbocycles. The fourth-order valence-corrected chi connectivity index (χ4v) is 3.70. The minimum atomic E-state index is -0.912. The molecule has 1 aromatic rings. The highest BCUT2D eigenvalue weighted by Crippen LogP contribution is 2.18. The average molecular weight is 360 g/mol. The summed E-state index contributed by atoms with van der Waals surface area (Å²) in [6.07, 6.45) is 1.13. The predicted molar refractivity (Wildman–Crippen MR) is 101 cm³/mol. The molecule has 0 aromatic heterocycles. The summed E-state index contributed by atoms with van der Waals surface area (Å²) in [5, 5.41) is 8.98. The van der Waals surface area contributed by atoms with Gasteiger partial charge in [0.1, 0.15) is 0 Å². The van der Waals surface area contributed by atoms with Crippen LogP contribution in [0.25, 0.3) is 0 Å². The third-order valence-corrected chi connectivity index (χ3v) is 5.45. The van der Waals surface area contributed by atoms with E-state index in [0.29, 0.717) is 31.2 Å². The molecule has 0 saturated carbocycles. The molecule has 26 heavy (non-hydrogen) atoms. The van der Waals surface area contributed by atoms with Crippen LogP contribution in [0.4, 0.5) is 5.69 Å². The van der Waals surface area contributed by atoms with Gasteiger partial charge in [-0.3, -0.25) is 9.69 Å². The van der Waals surface area contributed by atoms with Crippen LogP contribution in [0.2, 0.25) is 0 Å². The number of nitrogens with zero attached hydrogens (tertiary/aromatic N) is 4. The minimum absolute atomic E-state index is 0.213. The summed E-state index contributed by atoms with van der Waals surface area (Å²) in [5.74, 6) is -0.698. The Morgan fingerprint density at radius 3 is 2.27 bits per heavy atom. The highest BCUT2D eigenvalue weighted by atomic mass is 16.4. The van der Waals surface area contributed by atoms with Crippen LogP contribution in [0.1, 0.15) is 16.8 Å². The molecule has 1 amide bonds. The number of carbonyl (C=O) groups excluding carboxylic acids is 1. The molecule has 7 nitrogen and oxygen atoms in total. The normalized spacial score (nSPS) is 21.4. The summed E-state index contributed by atoms with van der Waals surface area (Å²) < 4.78 is 0. The van der Waals surface area contributed by atoms with Gasteiger partial charge in [0.15, 0.2) is 0 Å². The Morgan fingerprint density at radius 1 is 1.08 bits per heavy atom. The van der Waals surface area contributed by atoms with Gasteiger partial charge in [0, 0.05) is 51.0 Å². The standard InChI is InChI=1S/C19H28N4O3/c1-20(2)17-7-8-21(13-17)14-18(24)23-11-9-22(10-12-23)16-5-3-15(4-6-16)19(25)26/h3-6,17H,7-14H2,1-2H3,(H,25,26)/t17-/m0/s1. The molecule has 2 fully saturated rings. The number of amides is 1. The molecule has 2 aliphatic heterocycles. The van der Waals surface area contributed by atoms with Gasteiger partial charge in [-0.2, -0.15) is 0 Å². The van der Waals surface area contributed by atoms with Gasteiger partial charge in [0.05, 0.1) is 12.1 Å². The summed E-state index contributed by atoms with van der Waals surface area (Å²) in [4.78, 5) is 32.2. The topological polar surface area (TPSA) is 67.3 Å². The quantitative estimate of drug-likeness (QED) is 0.833. The number of anilines is 1. The largest absolute Gasteiger partial charge is 0.478 e. The number of aromatic carboxylic acids is 1. The first-order valence-corrected chi connectivity index (χ1v) is 9.19. The van der Waals surface area contributed by atoms with Crippen molar-refractivity contribution in [1.29, 1.82) is 0 Å². The van der Waals surface area contributed by atoms with E-state index >= 15 is 0 Å². The van der Waals surface area contributed by atoms with Crippen molar-refractivity contribution >= 4 is 17.6 Å². The van der Waals surface area contributed by atoms with Crippen LogP contribution in [0.15, 0.2) is 24.3 Å². The molecular weight excluding hydrogens is 332 g/mol. The molecule has 0 unspecified atom stereocenters. The maximum absolute atomic E-state index is 12.6. The summed E-state index contributed by atoms with van der Waals surface area (Å²) in [5.41, 5.74) is 1.31. The van der Waals surface area contributed by atoms with Gasteiger partial charge in [0.2, 0.25) is 5.91 Å². The molecule has 142 valence electrons. The molecule has 0 spiro atoms. The van der Waals surface area contributed by atoms with Gasteiger partial charge in [0.25, 0.3) is 0 Å². The van der Waals surface area contributed by atoms with E-state index in [1.165, 1.54) is 0 Å². The van der Waals surface area contributed by atoms with Crippen LogP contribution in [-0.2, 0) is 4.79 Å². The maximum Gasteiger partial charge on any atom is 0.335 e. The fraction of sp³-hybridized carbons (Fsp3) is 0.579. The van der Waals surface area contributed by atoms with Crippen molar-refractivity contribution in [3.8, 4) is 0 Å². The van der Waals surface area contributed by atoms with E-state index in [4.69, 9.17) is 5.11 Å². The summed E-state index contributed by atoms with van der Waals surface area (Å²) >= 11 is 0. The van der Waals surface area contributed by atoms with Crippen LogP contribution < -0.4 is 4.90 Å². The highest BCUT2D eigenvalue weighted by Gasteiger charge is 2.28. The van der Waals surface area contributed by atoms with Crippen LogP contribution in [-0.4, -0.2) is 97.6 Å². The SMILES string of the molecule is CN(C)[C@H]1CCN(CC(=O)N2CCN(c3ccc(C(=O)O)cc3)CC2)C1. The zero-order chi connectivity index (χ0) is 18.7. The number of hydrogen-bond acceptors (Lipinski definition) is 5. The Balaban J connectivity index is 1.47. The minimum Gasteiger partial charge on any atom is -0.478 e. The lowest BCUT2D eigenvalue weighted by Gasteiger charge is -2.36. The number of carboxylic acid groups (broad SMARTS) is 1. The molecule has 1 N–H and O–H groups in total. The molecule has 2 heterocycles. The number of rotatable bonds is 5. The van der Waals surface area contributed by atoms with Crippen molar-refractivity contribution in [3.05, 3.63) is 29.8 Å². The van der Waals surface area contributed by atoms with Gasteiger partial charge in [-0.1, -0.05) is 0 Å². The number of piperazine rings is 1. The second-order valence-corrected chi connectivity index (χ2v) is 7.36. The molecular formula is C19H28N4O3. The predicted octanol–water partition coefficient (Wildman–Crippen LogP) is 0.669. The first-order valence-electron chi connectivity index (χ1n) is 9.19. The zero-order valence-corrected chi connectivity index (χ0v) is 15.6. The smallest absolute Gasteiger partial charge is 0.335 e. The van der Waals surface area contributed by atoms with Crippen molar-refractivity contribution in [2.24, 2.45) is 0 Å². The first-order chi connectivity index (χ1) is 12.4. The van der Waals surface area contributed by atoms with E-state index in [9.17, 15) is 9.59 Å². The van der Waals surface area contributed by atoms with Gasteiger partial charge in [-0.25, -0.2) is 4.79 Å². The zero-order valence-electron chi connectivity index (χ0n) is 15.6. The monoisotopic (exact) mass is 360 g/mol. The Kier molecular flexibility index (Phi) is 5.78. The Hall–Kier alpha value is -2.12. The second-order valence-electron chi connectivity index (χ2n) is 7.36. The number of carbonyl (C=O) groups is 2. The fourth-order valence-electron chi connectivity index (χ4n) is 3.70. The third-order valence-electron chi connectivity index (χ3n) is 5.45. The van der Waals surface area contributed by atoms with Gasteiger partial charge >= 0.3 is 5.97 Å². The number of likely N-dealkylation sites (N-methyl/N-ethyl adjacent to an activating group) is 1. The Labute approximate surface area is 154 Å². The van der Waals surface area contributed by atoms with E-state index < -0.39 is 5.97 Å². The Morgan fingerprint density at radius 2 is 1.73 bits per heavy atom. The van der Waals surface area contributed by atoms with Crippen molar-refractivity contribution in [2.75, 3.05) is 64.8 Å². The van der Waals surface area contributed by atoms with E-state index in [0.717, 1.165) is 38.3 Å².